The van der Waals surface area contributed by atoms with Gasteiger partial charge in [-0.25, -0.2) is 0 Å². The van der Waals surface area contributed by atoms with Crippen LogP contribution in [0.2, 0.25) is 0 Å². The minimum atomic E-state index is -0.152. The molecule has 0 saturated heterocycles. The minimum Gasteiger partial charge on any atom is -0.393 e. The number of rotatable bonds is 8. The molecule has 1 nitrogen and oxygen atoms in total. The lowest BCUT2D eigenvalue weighted by molar-refractivity contribution is 0.123. The predicted molar refractivity (Wildman–Crippen MR) is 63.5 cm³/mol. The molecule has 0 aromatic heterocycles. The molecule has 0 spiro atoms. The largest absolute Gasteiger partial charge is 0.393 e. The third kappa shape index (κ3) is 8.55. The van der Waals surface area contributed by atoms with Gasteiger partial charge in [-0.1, -0.05) is 52.9 Å². The van der Waals surface area contributed by atoms with Crippen LogP contribution in [0, 0.1) is 5.41 Å². The summed E-state index contributed by atoms with van der Waals surface area (Å²) >= 11 is 0. The first kappa shape index (κ1) is 14.0. The number of aliphatic hydroxyl groups excluding tert-OH is 1. The maximum absolute atomic E-state index is 9.33. The zero-order chi connectivity index (χ0) is 11.0. The van der Waals surface area contributed by atoms with Gasteiger partial charge in [-0.05, 0) is 25.2 Å². The van der Waals surface area contributed by atoms with Crippen LogP contribution in [-0.2, 0) is 0 Å². The van der Waals surface area contributed by atoms with Crippen molar-refractivity contribution in [1.82, 2.24) is 0 Å². The summed E-state index contributed by atoms with van der Waals surface area (Å²) in [5, 5.41) is 9.33. The van der Waals surface area contributed by atoms with Crippen molar-refractivity contribution in [2.45, 2.75) is 78.7 Å². The van der Waals surface area contributed by atoms with Gasteiger partial charge >= 0.3 is 0 Å². The highest BCUT2D eigenvalue weighted by molar-refractivity contribution is 4.71. The number of aliphatic hydroxyl groups is 1. The van der Waals surface area contributed by atoms with Gasteiger partial charge in [-0.2, -0.15) is 0 Å². The Balaban J connectivity index is 3.45. The molecule has 0 aromatic rings. The van der Waals surface area contributed by atoms with Crippen molar-refractivity contribution < 1.29 is 5.11 Å². The van der Waals surface area contributed by atoms with E-state index < -0.39 is 0 Å². The molecule has 14 heavy (non-hydrogen) atoms. The van der Waals surface area contributed by atoms with Gasteiger partial charge in [0.25, 0.3) is 0 Å². The maximum Gasteiger partial charge on any atom is 0.0517 e. The van der Waals surface area contributed by atoms with Gasteiger partial charge in [0.05, 0.1) is 6.10 Å². The summed E-state index contributed by atoms with van der Waals surface area (Å²) in [6, 6.07) is 0. The van der Waals surface area contributed by atoms with Gasteiger partial charge in [-0.15, -0.1) is 0 Å². The highest BCUT2D eigenvalue weighted by Crippen LogP contribution is 2.29. The molecule has 1 atom stereocenters. The molecular formula is C13H28O. The van der Waals surface area contributed by atoms with E-state index >= 15 is 0 Å². The summed E-state index contributed by atoms with van der Waals surface area (Å²) in [6.45, 7) is 8.66. The van der Waals surface area contributed by atoms with E-state index in [1.165, 1.54) is 38.5 Å². The molecule has 0 aromatic carbocycles. The summed E-state index contributed by atoms with van der Waals surface area (Å²) in [5.41, 5.74) is 0.320. The zero-order valence-corrected chi connectivity index (χ0v) is 10.5. The van der Waals surface area contributed by atoms with E-state index in [1.54, 1.807) is 0 Å². The summed E-state index contributed by atoms with van der Waals surface area (Å²) in [4.78, 5) is 0. The first-order valence-electron chi connectivity index (χ1n) is 6.16. The summed E-state index contributed by atoms with van der Waals surface area (Å²) < 4.78 is 0. The number of hydrogen-bond acceptors (Lipinski definition) is 1. The Morgan fingerprint density at radius 2 is 1.64 bits per heavy atom. The van der Waals surface area contributed by atoms with Crippen LogP contribution in [0.15, 0.2) is 0 Å². The Morgan fingerprint density at radius 1 is 1.07 bits per heavy atom. The third-order valence-electron chi connectivity index (χ3n) is 2.81. The standard InChI is InChI=1S/C13H28O/c1-5-6-7-8-9-10-13(3,4)11-12(2)14/h12,14H,5-11H2,1-4H3. The molecule has 1 N–H and O–H groups in total. The first-order chi connectivity index (χ1) is 6.48. The van der Waals surface area contributed by atoms with Crippen LogP contribution in [-0.4, -0.2) is 11.2 Å². The van der Waals surface area contributed by atoms with Gasteiger partial charge in [0, 0.05) is 0 Å². The van der Waals surface area contributed by atoms with E-state index in [9.17, 15) is 5.11 Å². The molecule has 0 aliphatic heterocycles. The van der Waals surface area contributed by atoms with Crippen molar-refractivity contribution in [3.63, 3.8) is 0 Å². The molecule has 0 aliphatic rings. The lowest BCUT2D eigenvalue weighted by Gasteiger charge is -2.26. The SMILES string of the molecule is CCCCCCCC(C)(C)CC(C)O. The third-order valence-corrected chi connectivity index (χ3v) is 2.81. The monoisotopic (exact) mass is 200 g/mol. The van der Waals surface area contributed by atoms with Crippen molar-refractivity contribution in [2.24, 2.45) is 5.41 Å². The highest BCUT2D eigenvalue weighted by atomic mass is 16.3. The minimum absolute atomic E-state index is 0.152. The molecule has 0 aliphatic carbocycles. The van der Waals surface area contributed by atoms with Crippen molar-refractivity contribution in [3.8, 4) is 0 Å². The van der Waals surface area contributed by atoms with Crippen molar-refractivity contribution >= 4 is 0 Å². The Labute approximate surface area is 89.9 Å². The molecular weight excluding hydrogens is 172 g/mol. The second-order valence-electron chi connectivity index (χ2n) is 5.38. The van der Waals surface area contributed by atoms with Gasteiger partial charge in [0.1, 0.15) is 0 Å². The van der Waals surface area contributed by atoms with E-state index in [-0.39, 0.29) is 6.10 Å². The fourth-order valence-corrected chi connectivity index (χ4v) is 2.11. The quantitative estimate of drug-likeness (QED) is 0.584. The maximum atomic E-state index is 9.33. The van der Waals surface area contributed by atoms with Gasteiger partial charge in [-0.3, -0.25) is 0 Å². The average Bonchev–Trinajstić information content (AvgIpc) is 2.01. The Morgan fingerprint density at radius 3 is 2.14 bits per heavy atom. The van der Waals surface area contributed by atoms with Crippen LogP contribution < -0.4 is 0 Å². The first-order valence-corrected chi connectivity index (χ1v) is 6.16. The molecule has 86 valence electrons. The Hall–Kier alpha value is -0.0400. The highest BCUT2D eigenvalue weighted by Gasteiger charge is 2.19. The van der Waals surface area contributed by atoms with E-state index in [0.717, 1.165) is 6.42 Å². The summed E-state index contributed by atoms with van der Waals surface area (Å²) in [7, 11) is 0. The molecule has 0 rings (SSSR count). The van der Waals surface area contributed by atoms with Crippen LogP contribution >= 0.6 is 0 Å². The molecule has 0 amide bonds. The van der Waals surface area contributed by atoms with Crippen molar-refractivity contribution in [1.29, 1.82) is 0 Å². The second-order valence-corrected chi connectivity index (χ2v) is 5.38. The number of unbranched alkanes of at least 4 members (excludes halogenated alkanes) is 4. The topological polar surface area (TPSA) is 20.2 Å². The average molecular weight is 200 g/mol. The fourth-order valence-electron chi connectivity index (χ4n) is 2.11. The number of hydrogen-bond donors (Lipinski definition) is 1. The molecule has 1 unspecified atom stereocenters. The lowest BCUT2D eigenvalue weighted by Crippen LogP contribution is -2.18. The van der Waals surface area contributed by atoms with E-state index in [0.29, 0.717) is 5.41 Å². The van der Waals surface area contributed by atoms with E-state index in [4.69, 9.17) is 0 Å². The molecule has 1 heteroatoms. The van der Waals surface area contributed by atoms with Crippen LogP contribution in [0.25, 0.3) is 0 Å². The molecule has 0 fully saturated rings. The van der Waals surface area contributed by atoms with Crippen molar-refractivity contribution in [2.75, 3.05) is 0 Å². The smallest absolute Gasteiger partial charge is 0.0517 e. The lowest BCUT2D eigenvalue weighted by atomic mass is 9.82. The Kier molecular flexibility index (Phi) is 7.26. The summed E-state index contributed by atoms with van der Waals surface area (Å²) in [6.07, 6.45) is 8.77. The van der Waals surface area contributed by atoms with E-state index in [2.05, 4.69) is 20.8 Å². The van der Waals surface area contributed by atoms with Crippen LogP contribution in [0.3, 0.4) is 0 Å². The molecule has 0 heterocycles. The summed E-state index contributed by atoms with van der Waals surface area (Å²) in [5.74, 6) is 0. The van der Waals surface area contributed by atoms with Gasteiger partial charge in [0.2, 0.25) is 0 Å². The van der Waals surface area contributed by atoms with Crippen molar-refractivity contribution in [3.05, 3.63) is 0 Å². The molecule has 0 radical (unpaired) electrons. The van der Waals surface area contributed by atoms with Crippen LogP contribution in [0.1, 0.15) is 72.6 Å². The van der Waals surface area contributed by atoms with Gasteiger partial charge < -0.3 is 5.11 Å². The zero-order valence-electron chi connectivity index (χ0n) is 10.5. The Bertz CT molecular complexity index is 127. The second kappa shape index (κ2) is 7.28. The van der Waals surface area contributed by atoms with Crippen LogP contribution in [0.5, 0.6) is 0 Å². The predicted octanol–water partition coefficient (Wildman–Crippen LogP) is 4.14. The normalized spacial score (nSPS) is 14.4. The van der Waals surface area contributed by atoms with Crippen LogP contribution in [0.4, 0.5) is 0 Å². The fraction of sp³-hybridized carbons (Fsp3) is 1.00. The molecule has 0 saturated carbocycles. The van der Waals surface area contributed by atoms with E-state index in [1.807, 2.05) is 6.92 Å². The van der Waals surface area contributed by atoms with Gasteiger partial charge in [0.15, 0.2) is 0 Å². The molecule has 0 bridgehead atoms.